The molecule has 0 atom stereocenters. The summed E-state index contributed by atoms with van der Waals surface area (Å²) in [7, 11) is 3.63. The minimum absolute atomic E-state index is 0.811. The zero-order valence-corrected chi connectivity index (χ0v) is 11.2. The average molecular weight is 250 g/mol. The molecule has 0 fully saturated rings. The minimum Gasteiger partial charge on any atom is -0.359 e. The van der Waals surface area contributed by atoms with E-state index in [4.69, 9.17) is 0 Å². The normalized spacial score (nSPS) is 16.0. The Kier molecular flexibility index (Phi) is 4.55. The van der Waals surface area contributed by atoms with Crippen molar-refractivity contribution in [2.45, 2.75) is 38.6 Å². The summed E-state index contributed by atoms with van der Waals surface area (Å²) in [5.74, 6) is 3.05. The second-order valence-corrected chi connectivity index (χ2v) is 4.49. The first kappa shape index (κ1) is 12.9. The van der Waals surface area contributed by atoms with E-state index in [2.05, 4.69) is 30.4 Å². The van der Waals surface area contributed by atoms with Gasteiger partial charge in [0.25, 0.3) is 0 Å². The highest BCUT2D eigenvalue weighted by Crippen LogP contribution is 2.14. The topological polar surface area (TPSA) is 67.1 Å². The molecular formula is C12H22N6. The second kappa shape index (κ2) is 6.37. The third-order valence-corrected chi connectivity index (χ3v) is 3.29. The number of aryl methyl sites for hydroxylation is 1. The van der Waals surface area contributed by atoms with Crippen LogP contribution in [0.15, 0.2) is 4.99 Å². The van der Waals surface area contributed by atoms with Gasteiger partial charge in [-0.05, 0) is 12.8 Å². The number of fused-ring (bicyclic) bond motifs is 1. The summed E-state index contributed by atoms with van der Waals surface area (Å²) in [6.45, 7) is 1.89. The lowest BCUT2D eigenvalue weighted by molar-refractivity contribution is 0.600. The van der Waals surface area contributed by atoms with Gasteiger partial charge in [-0.1, -0.05) is 6.42 Å². The fraction of sp³-hybridized carbons (Fsp3) is 0.750. The van der Waals surface area contributed by atoms with Crippen molar-refractivity contribution in [1.29, 1.82) is 0 Å². The number of hydrogen-bond donors (Lipinski definition) is 2. The highest BCUT2D eigenvalue weighted by atomic mass is 15.3. The zero-order valence-electron chi connectivity index (χ0n) is 11.2. The number of hydrogen-bond acceptors (Lipinski definition) is 3. The van der Waals surface area contributed by atoms with E-state index in [-0.39, 0.29) is 0 Å². The van der Waals surface area contributed by atoms with E-state index in [0.29, 0.717) is 0 Å². The zero-order chi connectivity index (χ0) is 12.8. The largest absolute Gasteiger partial charge is 0.359 e. The van der Waals surface area contributed by atoms with Crippen LogP contribution in [0.5, 0.6) is 0 Å². The second-order valence-electron chi connectivity index (χ2n) is 4.49. The molecule has 0 aromatic carbocycles. The van der Waals surface area contributed by atoms with Crippen LogP contribution in [0.4, 0.5) is 0 Å². The van der Waals surface area contributed by atoms with Crippen molar-refractivity contribution in [3.63, 3.8) is 0 Å². The lowest BCUT2D eigenvalue weighted by Gasteiger charge is -2.09. The molecule has 2 N–H and O–H groups in total. The maximum Gasteiger partial charge on any atom is 0.190 e. The van der Waals surface area contributed by atoms with Gasteiger partial charge in [0.1, 0.15) is 11.6 Å². The van der Waals surface area contributed by atoms with Crippen molar-refractivity contribution in [3.05, 3.63) is 11.6 Å². The van der Waals surface area contributed by atoms with Crippen molar-refractivity contribution in [1.82, 2.24) is 25.4 Å². The van der Waals surface area contributed by atoms with E-state index in [9.17, 15) is 0 Å². The van der Waals surface area contributed by atoms with Crippen LogP contribution in [0.25, 0.3) is 0 Å². The summed E-state index contributed by atoms with van der Waals surface area (Å²) in [5.41, 5.74) is 0. The molecule has 0 radical (unpaired) electrons. The van der Waals surface area contributed by atoms with Crippen LogP contribution in [0.2, 0.25) is 0 Å². The smallest absolute Gasteiger partial charge is 0.190 e. The highest BCUT2D eigenvalue weighted by Gasteiger charge is 2.14. The number of aromatic nitrogens is 3. The van der Waals surface area contributed by atoms with Crippen LogP contribution >= 0.6 is 0 Å². The van der Waals surface area contributed by atoms with Gasteiger partial charge in [-0.25, -0.2) is 0 Å². The van der Waals surface area contributed by atoms with E-state index in [0.717, 1.165) is 43.5 Å². The Morgan fingerprint density at radius 3 is 3.00 bits per heavy atom. The molecule has 0 bridgehead atoms. The Hall–Kier alpha value is -1.59. The first-order chi connectivity index (χ1) is 8.85. The summed E-state index contributed by atoms with van der Waals surface area (Å²) in [5, 5.41) is 14.8. The van der Waals surface area contributed by atoms with Gasteiger partial charge in [0.15, 0.2) is 5.96 Å². The predicted octanol–water partition coefficient (Wildman–Crippen LogP) is 0.342. The third kappa shape index (κ3) is 3.00. The van der Waals surface area contributed by atoms with Crippen molar-refractivity contribution in [2.75, 3.05) is 20.6 Å². The maximum absolute atomic E-state index is 4.30. The Morgan fingerprint density at radius 1 is 1.33 bits per heavy atom. The molecule has 0 saturated carbocycles. The van der Waals surface area contributed by atoms with Gasteiger partial charge < -0.3 is 15.2 Å². The molecule has 6 nitrogen and oxygen atoms in total. The first-order valence-electron chi connectivity index (χ1n) is 6.64. The SMILES string of the molecule is CN=C(NC)NCCc1nnc2n1CCCCC2. The molecule has 2 rings (SSSR count). The van der Waals surface area contributed by atoms with Crippen LogP contribution in [0.1, 0.15) is 30.9 Å². The lowest BCUT2D eigenvalue weighted by atomic mass is 10.2. The van der Waals surface area contributed by atoms with Gasteiger partial charge in [-0.15, -0.1) is 10.2 Å². The summed E-state index contributed by atoms with van der Waals surface area (Å²) < 4.78 is 2.29. The molecule has 2 heterocycles. The van der Waals surface area contributed by atoms with Crippen LogP contribution in [0.3, 0.4) is 0 Å². The molecule has 18 heavy (non-hydrogen) atoms. The van der Waals surface area contributed by atoms with Gasteiger partial charge in [0, 0.05) is 40.0 Å². The quantitative estimate of drug-likeness (QED) is 0.600. The van der Waals surface area contributed by atoms with Crippen molar-refractivity contribution in [2.24, 2.45) is 4.99 Å². The van der Waals surface area contributed by atoms with E-state index >= 15 is 0 Å². The minimum atomic E-state index is 0.811. The number of nitrogens with one attached hydrogen (secondary N) is 2. The highest BCUT2D eigenvalue weighted by molar-refractivity contribution is 5.79. The predicted molar refractivity (Wildman–Crippen MR) is 71.7 cm³/mol. The Bertz CT molecular complexity index is 409. The maximum atomic E-state index is 4.30. The molecule has 1 aromatic heterocycles. The van der Waals surface area contributed by atoms with Crippen LogP contribution < -0.4 is 10.6 Å². The van der Waals surface area contributed by atoms with Crippen LogP contribution in [-0.4, -0.2) is 41.4 Å². The molecule has 0 unspecified atom stereocenters. The summed E-state index contributed by atoms with van der Waals surface area (Å²) >= 11 is 0. The fourth-order valence-electron chi connectivity index (χ4n) is 2.30. The standard InChI is InChI=1S/C12H22N6/c1-13-12(14-2)15-8-7-11-17-16-10-6-4-3-5-9-18(10)11/h3-9H2,1-2H3,(H2,13,14,15). The summed E-state index contributed by atoms with van der Waals surface area (Å²) in [6, 6.07) is 0. The number of guanidine groups is 1. The molecule has 0 saturated heterocycles. The number of nitrogens with zero attached hydrogens (tertiary/aromatic N) is 4. The molecule has 100 valence electrons. The van der Waals surface area contributed by atoms with Gasteiger partial charge in [-0.2, -0.15) is 0 Å². The molecule has 1 aliphatic rings. The van der Waals surface area contributed by atoms with E-state index < -0.39 is 0 Å². The molecule has 0 aliphatic carbocycles. The molecule has 1 aromatic rings. The molecule has 1 aliphatic heterocycles. The number of rotatable bonds is 3. The molecule has 0 amide bonds. The van der Waals surface area contributed by atoms with Crippen LogP contribution in [0, 0.1) is 0 Å². The van der Waals surface area contributed by atoms with Crippen molar-refractivity contribution < 1.29 is 0 Å². The molecular weight excluding hydrogens is 228 g/mol. The van der Waals surface area contributed by atoms with Crippen molar-refractivity contribution >= 4 is 5.96 Å². The van der Waals surface area contributed by atoms with Gasteiger partial charge in [0.05, 0.1) is 0 Å². The average Bonchev–Trinajstić information content (AvgIpc) is 2.63. The van der Waals surface area contributed by atoms with E-state index in [1.807, 2.05) is 7.05 Å². The van der Waals surface area contributed by atoms with Gasteiger partial charge >= 0.3 is 0 Å². The van der Waals surface area contributed by atoms with E-state index in [1.54, 1.807) is 7.05 Å². The molecule has 6 heteroatoms. The summed E-state index contributed by atoms with van der Waals surface area (Å²) in [4.78, 5) is 4.08. The molecule has 0 spiro atoms. The van der Waals surface area contributed by atoms with Gasteiger partial charge in [0.2, 0.25) is 0 Å². The Morgan fingerprint density at radius 2 is 2.22 bits per heavy atom. The number of aliphatic imine (C=N–C) groups is 1. The Labute approximate surface area is 108 Å². The third-order valence-electron chi connectivity index (χ3n) is 3.29. The van der Waals surface area contributed by atoms with Crippen LogP contribution in [-0.2, 0) is 19.4 Å². The lowest BCUT2D eigenvalue weighted by Crippen LogP contribution is -2.36. The summed E-state index contributed by atoms with van der Waals surface area (Å²) in [6.07, 6.45) is 5.73. The first-order valence-corrected chi connectivity index (χ1v) is 6.64. The van der Waals surface area contributed by atoms with E-state index in [1.165, 1.54) is 19.3 Å². The fourth-order valence-corrected chi connectivity index (χ4v) is 2.30. The Balaban J connectivity index is 1.92. The monoisotopic (exact) mass is 250 g/mol. The van der Waals surface area contributed by atoms with Gasteiger partial charge in [-0.3, -0.25) is 4.99 Å². The van der Waals surface area contributed by atoms with Crippen molar-refractivity contribution in [3.8, 4) is 0 Å².